The molecule has 4 nitrogen and oxygen atoms in total. The molecule has 0 N–H and O–H groups in total. The van der Waals surface area contributed by atoms with E-state index in [-0.39, 0.29) is 0 Å². The van der Waals surface area contributed by atoms with E-state index in [9.17, 15) is 13.2 Å². The summed E-state index contributed by atoms with van der Waals surface area (Å²) < 4.78 is 40.2. The highest BCUT2D eigenvalue weighted by atomic mass is 19.4. The number of halogens is 3. The molecule has 1 aromatic carbocycles. The van der Waals surface area contributed by atoms with E-state index >= 15 is 0 Å². The van der Waals surface area contributed by atoms with E-state index < -0.39 is 11.7 Å². The van der Waals surface area contributed by atoms with Gasteiger partial charge >= 0.3 is 6.18 Å². The molecule has 4 rings (SSSR count). The van der Waals surface area contributed by atoms with Gasteiger partial charge in [0, 0.05) is 18.6 Å². The van der Waals surface area contributed by atoms with Crippen molar-refractivity contribution in [3.05, 3.63) is 83.8 Å². The summed E-state index contributed by atoms with van der Waals surface area (Å²) in [6, 6.07) is 6.99. The predicted octanol–water partition coefficient (Wildman–Crippen LogP) is 4.52. The molecular weight excluding hydrogens is 365 g/mol. The first kappa shape index (κ1) is 17.7. The normalized spacial score (nSPS) is 11.3. The molecule has 3 aromatic heterocycles. The molecule has 0 bridgehead atoms. The Hall–Kier alpha value is -3.66. The molecule has 0 saturated heterocycles. The summed E-state index contributed by atoms with van der Waals surface area (Å²) in [4.78, 5) is 12.2. The summed E-state index contributed by atoms with van der Waals surface area (Å²) >= 11 is 0. The quantitative estimate of drug-likeness (QED) is 0.458. The van der Waals surface area contributed by atoms with Gasteiger partial charge in [0.1, 0.15) is 17.7 Å². The van der Waals surface area contributed by atoms with Crippen molar-refractivity contribution in [2.45, 2.75) is 13.1 Å². The second kappa shape index (κ2) is 6.82. The number of rotatable bonds is 1. The van der Waals surface area contributed by atoms with Gasteiger partial charge in [-0.25, -0.2) is 15.0 Å². The van der Waals surface area contributed by atoms with Crippen LogP contribution >= 0.6 is 0 Å². The van der Waals surface area contributed by atoms with Gasteiger partial charge in [0.05, 0.1) is 17.3 Å². The highest BCUT2D eigenvalue weighted by Gasteiger charge is 2.30. The maximum atomic E-state index is 12.8. The monoisotopic (exact) mass is 378 g/mol. The van der Waals surface area contributed by atoms with Crippen molar-refractivity contribution < 1.29 is 13.2 Å². The molecule has 4 aromatic rings. The average Bonchev–Trinajstić information content (AvgIpc) is 3.10. The third-order valence-corrected chi connectivity index (χ3v) is 4.23. The molecule has 0 spiro atoms. The van der Waals surface area contributed by atoms with Crippen LogP contribution in [0.5, 0.6) is 0 Å². The number of imidazole rings is 1. The van der Waals surface area contributed by atoms with Crippen molar-refractivity contribution in [2.24, 2.45) is 0 Å². The molecule has 0 saturated carbocycles. The summed E-state index contributed by atoms with van der Waals surface area (Å²) in [6.45, 7) is 1.90. The Bertz CT molecular complexity index is 1200. The van der Waals surface area contributed by atoms with E-state index in [0.29, 0.717) is 16.8 Å². The lowest BCUT2D eigenvalue weighted by molar-refractivity contribution is -0.137. The molecular formula is C21H13F3N4. The van der Waals surface area contributed by atoms with Crippen LogP contribution in [0.1, 0.15) is 22.4 Å². The molecule has 0 aliphatic rings. The largest absolute Gasteiger partial charge is 0.416 e. The first-order valence-corrected chi connectivity index (χ1v) is 8.34. The van der Waals surface area contributed by atoms with E-state index in [0.717, 1.165) is 28.9 Å². The molecule has 138 valence electrons. The number of hydrogen-bond donors (Lipinski definition) is 0. The Balaban J connectivity index is 1.76. The van der Waals surface area contributed by atoms with E-state index in [1.54, 1.807) is 18.6 Å². The topological polar surface area (TPSA) is 43.1 Å². The SMILES string of the molecule is Cc1cc(-c2ccc(C(F)(F)F)cc2)cn2c(C#Cc3cncnc3)cnc12. The van der Waals surface area contributed by atoms with E-state index in [1.165, 1.54) is 18.5 Å². The fraction of sp³-hybridized carbons (Fsp3) is 0.0952. The van der Waals surface area contributed by atoms with Gasteiger partial charge < -0.3 is 0 Å². The highest BCUT2D eigenvalue weighted by molar-refractivity contribution is 5.68. The van der Waals surface area contributed by atoms with Crippen LogP contribution < -0.4 is 0 Å². The second-order valence-electron chi connectivity index (χ2n) is 6.20. The van der Waals surface area contributed by atoms with Crippen molar-refractivity contribution in [3.8, 4) is 23.0 Å². The average molecular weight is 378 g/mol. The molecule has 0 aliphatic carbocycles. The van der Waals surface area contributed by atoms with Crippen LogP contribution in [0.4, 0.5) is 13.2 Å². The number of pyridine rings is 1. The van der Waals surface area contributed by atoms with Gasteiger partial charge in [-0.05, 0) is 47.7 Å². The zero-order valence-corrected chi connectivity index (χ0v) is 14.7. The fourth-order valence-corrected chi connectivity index (χ4v) is 2.86. The van der Waals surface area contributed by atoms with Crippen molar-refractivity contribution >= 4 is 5.65 Å². The Morgan fingerprint density at radius 1 is 0.929 bits per heavy atom. The minimum absolute atomic E-state index is 0.663. The zero-order chi connectivity index (χ0) is 19.7. The van der Waals surface area contributed by atoms with Crippen molar-refractivity contribution in [1.29, 1.82) is 0 Å². The van der Waals surface area contributed by atoms with E-state index in [2.05, 4.69) is 26.8 Å². The van der Waals surface area contributed by atoms with Gasteiger partial charge in [-0.3, -0.25) is 4.40 Å². The van der Waals surface area contributed by atoms with Crippen LogP contribution in [0.2, 0.25) is 0 Å². The minimum Gasteiger partial charge on any atom is -0.292 e. The van der Waals surface area contributed by atoms with Gasteiger partial charge in [-0.1, -0.05) is 18.1 Å². The van der Waals surface area contributed by atoms with Gasteiger partial charge in [-0.15, -0.1) is 0 Å². The Kier molecular flexibility index (Phi) is 4.32. The standard InChI is InChI=1S/C21H13F3N4/c1-14-8-17(16-3-5-18(6-4-16)21(22,23)24)12-28-19(11-27-20(14)28)7-2-15-9-25-13-26-10-15/h3-6,8-13H,1H3. The van der Waals surface area contributed by atoms with Gasteiger partial charge in [0.25, 0.3) is 0 Å². The van der Waals surface area contributed by atoms with Crippen LogP contribution in [0.25, 0.3) is 16.8 Å². The fourth-order valence-electron chi connectivity index (χ4n) is 2.86. The molecule has 0 aliphatic heterocycles. The second-order valence-corrected chi connectivity index (χ2v) is 6.20. The predicted molar refractivity (Wildman–Crippen MR) is 98.4 cm³/mol. The maximum Gasteiger partial charge on any atom is 0.416 e. The van der Waals surface area contributed by atoms with Crippen LogP contribution in [0, 0.1) is 18.8 Å². The van der Waals surface area contributed by atoms with Gasteiger partial charge in [0.15, 0.2) is 0 Å². The molecule has 28 heavy (non-hydrogen) atoms. The number of nitrogens with zero attached hydrogens (tertiary/aromatic N) is 4. The maximum absolute atomic E-state index is 12.8. The smallest absolute Gasteiger partial charge is 0.292 e. The molecule has 0 amide bonds. The van der Waals surface area contributed by atoms with Crippen molar-refractivity contribution in [3.63, 3.8) is 0 Å². The molecule has 0 radical (unpaired) electrons. The zero-order valence-electron chi connectivity index (χ0n) is 14.7. The lowest BCUT2D eigenvalue weighted by Gasteiger charge is -2.09. The number of fused-ring (bicyclic) bond motifs is 1. The minimum atomic E-state index is -4.35. The third-order valence-electron chi connectivity index (χ3n) is 4.23. The van der Waals surface area contributed by atoms with Crippen LogP contribution in [-0.4, -0.2) is 19.4 Å². The van der Waals surface area contributed by atoms with Gasteiger partial charge in [0.2, 0.25) is 0 Å². The summed E-state index contributed by atoms with van der Waals surface area (Å²) in [7, 11) is 0. The number of benzene rings is 1. The summed E-state index contributed by atoms with van der Waals surface area (Å²) in [5.41, 5.74) is 3.76. The van der Waals surface area contributed by atoms with E-state index in [4.69, 9.17) is 0 Å². The Morgan fingerprint density at radius 3 is 2.32 bits per heavy atom. The van der Waals surface area contributed by atoms with Crippen molar-refractivity contribution in [1.82, 2.24) is 19.4 Å². The molecule has 7 heteroatoms. The lowest BCUT2D eigenvalue weighted by atomic mass is 10.0. The highest BCUT2D eigenvalue weighted by Crippen LogP contribution is 2.31. The molecule has 0 fully saturated rings. The number of alkyl halides is 3. The van der Waals surface area contributed by atoms with E-state index in [1.807, 2.05) is 23.6 Å². The van der Waals surface area contributed by atoms with Crippen LogP contribution in [0.15, 0.2) is 61.4 Å². The molecule has 3 heterocycles. The Labute approximate surface area is 158 Å². The summed E-state index contributed by atoms with van der Waals surface area (Å²) in [5.74, 6) is 6.02. The first-order valence-electron chi connectivity index (χ1n) is 8.34. The Morgan fingerprint density at radius 2 is 1.64 bits per heavy atom. The first-order chi connectivity index (χ1) is 13.4. The third kappa shape index (κ3) is 3.45. The summed E-state index contributed by atoms with van der Waals surface area (Å²) in [5, 5.41) is 0. The van der Waals surface area contributed by atoms with Crippen LogP contribution in [0.3, 0.4) is 0 Å². The number of hydrogen-bond acceptors (Lipinski definition) is 3. The van der Waals surface area contributed by atoms with Crippen LogP contribution in [-0.2, 0) is 6.18 Å². The number of aryl methyl sites for hydroxylation is 1. The number of aromatic nitrogens is 4. The lowest BCUT2D eigenvalue weighted by Crippen LogP contribution is -2.04. The molecule has 0 unspecified atom stereocenters. The summed E-state index contributed by atoms with van der Waals surface area (Å²) in [6.07, 6.45) is 3.79. The van der Waals surface area contributed by atoms with Gasteiger partial charge in [-0.2, -0.15) is 13.2 Å². The van der Waals surface area contributed by atoms with Crippen molar-refractivity contribution in [2.75, 3.05) is 0 Å². The molecule has 0 atom stereocenters.